The van der Waals surface area contributed by atoms with E-state index < -0.39 is 17.4 Å². The van der Waals surface area contributed by atoms with Crippen LogP contribution in [0.25, 0.3) is 0 Å². The Bertz CT molecular complexity index is 554. The van der Waals surface area contributed by atoms with Gasteiger partial charge in [0.2, 0.25) is 0 Å². The molecule has 1 aromatic carbocycles. The van der Waals surface area contributed by atoms with E-state index in [2.05, 4.69) is 10.1 Å². The number of ether oxygens (including phenoxy) is 1. The van der Waals surface area contributed by atoms with Crippen molar-refractivity contribution in [3.05, 3.63) is 34.9 Å². The second-order valence-electron chi connectivity index (χ2n) is 4.45. The van der Waals surface area contributed by atoms with Crippen molar-refractivity contribution in [2.24, 2.45) is 0 Å². The standard InChI is InChI=1S/C14H15ClN2O3/c1-14(7-4-8-16,13(19)20-2)17-12(18)10-5-3-6-11(15)9-10/h3,5-6,9H,4,7H2,1-2H3,(H,17,18)/t14-/m1/s1. The van der Waals surface area contributed by atoms with Crippen molar-refractivity contribution in [3.63, 3.8) is 0 Å². The number of benzene rings is 1. The van der Waals surface area contributed by atoms with E-state index in [0.29, 0.717) is 10.6 Å². The fourth-order valence-electron chi connectivity index (χ4n) is 1.70. The van der Waals surface area contributed by atoms with Crippen molar-refractivity contribution in [3.8, 4) is 6.07 Å². The van der Waals surface area contributed by atoms with Gasteiger partial charge in [0.1, 0.15) is 5.54 Å². The monoisotopic (exact) mass is 294 g/mol. The SMILES string of the molecule is COC(=O)[C@@](C)(CCC#N)NC(=O)c1cccc(Cl)c1. The van der Waals surface area contributed by atoms with Crippen molar-refractivity contribution in [1.82, 2.24) is 5.32 Å². The molecule has 1 rings (SSSR count). The number of nitrogens with one attached hydrogen (secondary N) is 1. The first-order chi connectivity index (χ1) is 9.42. The number of nitrogens with zero attached hydrogens (tertiary/aromatic N) is 1. The lowest BCUT2D eigenvalue weighted by Crippen LogP contribution is -2.52. The van der Waals surface area contributed by atoms with E-state index in [1.165, 1.54) is 20.1 Å². The third kappa shape index (κ3) is 3.97. The van der Waals surface area contributed by atoms with Crippen LogP contribution in [0.1, 0.15) is 30.1 Å². The number of nitriles is 1. The first kappa shape index (κ1) is 16.0. The van der Waals surface area contributed by atoms with E-state index >= 15 is 0 Å². The number of amides is 1. The molecule has 0 radical (unpaired) electrons. The first-order valence-corrected chi connectivity index (χ1v) is 6.34. The van der Waals surface area contributed by atoms with Gasteiger partial charge in [-0.1, -0.05) is 17.7 Å². The summed E-state index contributed by atoms with van der Waals surface area (Å²) in [6, 6.07) is 8.32. The van der Waals surface area contributed by atoms with Crippen LogP contribution >= 0.6 is 11.6 Å². The summed E-state index contributed by atoms with van der Waals surface area (Å²) in [5.41, 5.74) is -0.909. The smallest absolute Gasteiger partial charge is 0.331 e. The van der Waals surface area contributed by atoms with Gasteiger partial charge in [-0.2, -0.15) is 5.26 Å². The molecule has 0 spiro atoms. The Morgan fingerprint density at radius 2 is 2.20 bits per heavy atom. The number of hydrogen-bond donors (Lipinski definition) is 1. The highest BCUT2D eigenvalue weighted by atomic mass is 35.5. The molecule has 0 aliphatic heterocycles. The van der Waals surface area contributed by atoms with Crippen LogP contribution in [0.4, 0.5) is 0 Å². The summed E-state index contributed by atoms with van der Waals surface area (Å²) in [5.74, 6) is -1.04. The topological polar surface area (TPSA) is 79.2 Å². The van der Waals surface area contributed by atoms with Gasteiger partial charge in [0, 0.05) is 17.0 Å². The number of halogens is 1. The van der Waals surface area contributed by atoms with Crippen molar-refractivity contribution >= 4 is 23.5 Å². The molecule has 5 nitrogen and oxygen atoms in total. The fourth-order valence-corrected chi connectivity index (χ4v) is 1.89. The molecule has 1 aromatic rings. The van der Waals surface area contributed by atoms with Crippen LogP contribution in [0.2, 0.25) is 5.02 Å². The van der Waals surface area contributed by atoms with Gasteiger partial charge in [0.15, 0.2) is 0 Å². The molecule has 0 aromatic heterocycles. The molecular weight excluding hydrogens is 280 g/mol. The fraction of sp³-hybridized carbons (Fsp3) is 0.357. The molecule has 0 saturated carbocycles. The summed E-state index contributed by atoms with van der Waals surface area (Å²) in [6.45, 7) is 1.53. The Balaban J connectivity index is 2.92. The zero-order valence-corrected chi connectivity index (χ0v) is 12.0. The summed E-state index contributed by atoms with van der Waals surface area (Å²) < 4.78 is 4.68. The van der Waals surface area contributed by atoms with Gasteiger partial charge < -0.3 is 10.1 Å². The van der Waals surface area contributed by atoms with Gasteiger partial charge in [-0.25, -0.2) is 4.79 Å². The Hall–Kier alpha value is -2.06. The highest BCUT2D eigenvalue weighted by Crippen LogP contribution is 2.17. The minimum atomic E-state index is -1.25. The summed E-state index contributed by atoms with van der Waals surface area (Å²) >= 11 is 5.82. The maximum Gasteiger partial charge on any atom is 0.331 e. The van der Waals surface area contributed by atoms with Gasteiger partial charge in [-0.05, 0) is 31.5 Å². The van der Waals surface area contributed by atoms with E-state index in [-0.39, 0.29) is 12.8 Å². The zero-order chi connectivity index (χ0) is 15.2. The summed E-state index contributed by atoms with van der Waals surface area (Å²) in [6.07, 6.45) is 0.296. The molecule has 0 saturated heterocycles. The molecule has 0 heterocycles. The third-order valence-electron chi connectivity index (χ3n) is 2.85. The van der Waals surface area contributed by atoms with Crippen LogP contribution in [0.15, 0.2) is 24.3 Å². The van der Waals surface area contributed by atoms with Crippen molar-refractivity contribution < 1.29 is 14.3 Å². The van der Waals surface area contributed by atoms with E-state index in [9.17, 15) is 9.59 Å². The number of esters is 1. The molecule has 0 fully saturated rings. The summed E-state index contributed by atoms with van der Waals surface area (Å²) in [4.78, 5) is 23.9. The minimum absolute atomic E-state index is 0.126. The molecule has 1 atom stereocenters. The number of methoxy groups -OCH3 is 1. The Morgan fingerprint density at radius 1 is 1.50 bits per heavy atom. The van der Waals surface area contributed by atoms with Crippen molar-refractivity contribution in [1.29, 1.82) is 5.26 Å². The Morgan fingerprint density at radius 3 is 2.75 bits per heavy atom. The number of carbonyl (C=O) groups is 2. The predicted octanol–water partition coefficient (Wildman–Crippen LogP) is 2.31. The second-order valence-corrected chi connectivity index (χ2v) is 4.88. The molecule has 20 heavy (non-hydrogen) atoms. The van der Waals surface area contributed by atoms with Crippen LogP contribution in [-0.4, -0.2) is 24.5 Å². The van der Waals surface area contributed by atoms with Crippen molar-refractivity contribution in [2.75, 3.05) is 7.11 Å². The van der Waals surface area contributed by atoms with E-state index in [1.54, 1.807) is 18.2 Å². The molecule has 0 unspecified atom stereocenters. The maximum atomic E-state index is 12.1. The zero-order valence-electron chi connectivity index (χ0n) is 11.3. The summed E-state index contributed by atoms with van der Waals surface area (Å²) in [7, 11) is 1.23. The van der Waals surface area contributed by atoms with Crippen LogP contribution in [0.3, 0.4) is 0 Å². The van der Waals surface area contributed by atoms with E-state index in [1.807, 2.05) is 6.07 Å². The van der Waals surface area contributed by atoms with Crippen LogP contribution < -0.4 is 5.32 Å². The van der Waals surface area contributed by atoms with Crippen LogP contribution in [-0.2, 0) is 9.53 Å². The molecule has 0 bridgehead atoms. The van der Waals surface area contributed by atoms with Gasteiger partial charge in [-0.3, -0.25) is 4.79 Å². The quantitative estimate of drug-likeness (QED) is 0.845. The van der Waals surface area contributed by atoms with Gasteiger partial charge >= 0.3 is 5.97 Å². The number of carbonyl (C=O) groups excluding carboxylic acids is 2. The largest absolute Gasteiger partial charge is 0.467 e. The van der Waals surface area contributed by atoms with Crippen LogP contribution in [0.5, 0.6) is 0 Å². The van der Waals surface area contributed by atoms with E-state index in [0.717, 1.165) is 0 Å². The molecule has 0 aliphatic rings. The van der Waals surface area contributed by atoms with Gasteiger partial charge in [0.05, 0.1) is 13.2 Å². The lowest BCUT2D eigenvalue weighted by Gasteiger charge is -2.27. The maximum absolute atomic E-state index is 12.1. The number of rotatable bonds is 5. The second kappa shape index (κ2) is 6.92. The molecular formula is C14H15ClN2O3. The molecule has 6 heteroatoms. The average Bonchev–Trinajstić information content (AvgIpc) is 2.44. The third-order valence-corrected chi connectivity index (χ3v) is 3.08. The van der Waals surface area contributed by atoms with Crippen LogP contribution in [0, 0.1) is 11.3 Å². The van der Waals surface area contributed by atoms with Gasteiger partial charge in [-0.15, -0.1) is 0 Å². The highest BCUT2D eigenvalue weighted by molar-refractivity contribution is 6.31. The molecule has 1 amide bonds. The summed E-state index contributed by atoms with van der Waals surface area (Å²) in [5, 5.41) is 11.7. The Labute approximate surface area is 122 Å². The predicted molar refractivity (Wildman–Crippen MR) is 74.2 cm³/mol. The Kier molecular flexibility index (Phi) is 5.53. The molecule has 106 valence electrons. The lowest BCUT2D eigenvalue weighted by atomic mass is 9.95. The lowest BCUT2D eigenvalue weighted by molar-refractivity contribution is -0.147. The minimum Gasteiger partial charge on any atom is -0.467 e. The highest BCUT2D eigenvalue weighted by Gasteiger charge is 2.35. The van der Waals surface area contributed by atoms with Gasteiger partial charge in [0.25, 0.3) is 5.91 Å². The average molecular weight is 295 g/mol. The number of hydrogen-bond acceptors (Lipinski definition) is 4. The van der Waals surface area contributed by atoms with Crippen molar-refractivity contribution in [2.45, 2.75) is 25.3 Å². The normalized spacial score (nSPS) is 12.9. The molecule has 0 aliphatic carbocycles. The molecule has 1 N–H and O–H groups in total. The first-order valence-electron chi connectivity index (χ1n) is 5.96. The van der Waals surface area contributed by atoms with E-state index in [4.69, 9.17) is 16.9 Å².